The lowest BCUT2D eigenvalue weighted by Gasteiger charge is -2.25. The molecule has 0 fully saturated rings. The average molecular weight is 257 g/mol. The predicted octanol–water partition coefficient (Wildman–Crippen LogP) is 2.28. The Morgan fingerprint density at radius 1 is 1.47 bits per heavy atom. The first kappa shape index (κ1) is 14.4. The summed E-state index contributed by atoms with van der Waals surface area (Å²) in [5.74, 6) is 0. The van der Waals surface area contributed by atoms with Crippen LogP contribution in [0.1, 0.15) is 32.5 Å². The van der Waals surface area contributed by atoms with Crippen molar-refractivity contribution in [2.24, 2.45) is 0 Å². The highest BCUT2D eigenvalue weighted by molar-refractivity contribution is 7.13. The second kappa shape index (κ2) is 6.93. The molecule has 0 aliphatic carbocycles. The molecule has 0 spiro atoms. The minimum absolute atomic E-state index is 0.302. The van der Waals surface area contributed by atoms with Crippen molar-refractivity contribution < 1.29 is 4.74 Å². The molecule has 0 saturated carbocycles. The molecule has 0 aromatic carbocycles. The van der Waals surface area contributed by atoms with Crippen molar-refractivity contribution in [3.8, 4) is 0 Å². The number of rotatable bonds is 7. The molecule has 0 bridgehead atoms. The monoisotopic (exact) mass is 257 g/mol. The summed E-state index contributed by atoms with van der Waals surface area (Å²) < 4.78 is 5.14. The molecular formula is C12H23N3OS. The van der Waals surface area contributed by atoms with Crippen molar-refractivity contribution in [1.29, 1.82) is 0 Å². The number of nitrogens with one attached hydrogen (secondary N) is 1. The molecule has 5 heteroatoms. The highest BCUT2D eigenvalue weighted by Crippen LogP contribution is 2.25. The van der Waals surface area contributed by atoms with Gasteiger partial charge in [0.1, 0.15) is 0 Å². The molecule has 0 radical (unpaired) electrons. The Hall–Kier alpha value is -0.650. The third kappa shape index (κ3) is 3.94. The Balaban J connectivity index is 2.76. The van der Waals surface area contributed by atoms with Gasteiger partial charge in [-0.3, -0.25) is 0 Å². The minimum atomic E-state index is 0.302. The van der Waals surface area contributed by atoms with Crippen molar-refractivity contribution in [3.05, 3.63) is 11.1 Å². The molecule has 0 aliphatic heterocycles. The lowest BCUT2D eigenvalue weighted by atomic mass is 10.3. The van der Waals surface area contributed by atoms with Gasteiger partial charge in [-0.2, -0.15) is 0 Å². The molecule has 1 aromatic rings. The second-order valence-corrected chi connectivity index (χ2v) is 5.18. The molecule has 1 rings (SSSR count). The van der Waals surface area contributed by atoms with Crippen LogP contribution >= 0.6 is 11.3 Å². The van der Waals surface area contributed by atoms with Crippen LogP contribution < -0.4 is 10.2 Å². The van der Waals surface area contributed by atoms with Crippen molar-refractivity contribution >= 4 is 16.5 Å². The lowest BCUT2D eigenvalue weighted by Crippen LogP contribution is -2.33. The average Bonchev–Trinajstić information content (AvgIpc) is 2.77. The van der Waals surface area contributed by atoms with E-state index in [9.17, 15) is 0 Å². The molecule has 17 heavy (non-hydrogen) atoms. The summed E-state index contributed by atoms with van der Waals surface area (Å²) in [6.45, 7) is 8.09. The fourth-order valence-electron chi connectivity index (χ4n) is 1.52. The Morgan fingerprint density at radius 2 is 2.18 bits per heavy atom. The zero-order valence-corrected chi connectivity index (χ0v) is 12.2. The normalized spacial score (nSPS) is 13.1. The number of anilines is 1. The first-order valence-corrected chi connectivity index (χ1v) is 6.86. The van der Waals surface area contributed by atoms with E-state index < -0.39 is 0 Å². The van der Waals surface area contributed by atoms with Crippen molar-refractivity contribution in [2.75, 3.05) is 32.2 Å². The summed E-state index contributed by atoms with van der Waals surface area (Å²) in [5.41, 5.74) is 1.11. The Bertz CT molecular complexity index is 327. The number of methoxy groups -OCH3 is 1. The van der Waals surface area contributed by atoms with Crippen LogP contribution in [0.25, 0.3) is 0 Å². The molecule has 0 aliphatic rings. The van der Waals surface area contributed by atoms with Crippen LogP contribution in [0.3, 0.4) is 0 Å². The number of hydrogen-bond donors (Lipinski definition) is 1. The number of hydrogen-bond acceptors (Lipinski definition) is 5. The van der Waals surface area contributed by atoms with Crippen LogP contribution in [0.15, 0.2) is 5.38 Å². The molecule has 1 unspecified atom stereocenters. The molecule has 1 heterocycles. The number of nitrogens with zero attached hydrogens (tertiary/aromatic N) is 2. The van der Waals surface area contributed by atoms with Crippen LogP contribution in [0.2, 0.25) is 0 Å². The van der Waals surface area contributed by atoms with Gasteiger partial charge in [0.25, 0.3) is 0 Å². The van der Waals surface area contributed by atoms with Crippen LogP contribution in [0, 0.1) is 0 Å². The van der Waals surface area contributed by atoms with E-state index >= 15 is 0 Å². The van der Waals surface area contributed by atoms with Gasteiger partial charge in [0.05, 0.1) is 12.3 Å². The molecule has 1 aromatic heterocycles. The van der Waals surface area contributed by atoms with E-state index in [2.05, 4.69) is 41.4 Å². The van der Waals surface area contributed by atoms with Crippen LogP contribution in [0.4, 0.5) is 5.13 Å². The maximum Gasteiger partial charge on any atom is 0.185 e. The van der Waals surface area contributed by atoms with Gasteiger partial charge < -0.3 is 15.0 Å². The van der Waals surface area contributed by atoms with E-state index in [-0.39, 0.29) is 0 Å². The van der Waals surface area contributed by atoms with Gasteiger partial charge in [0.15, 0.2) is 5.13 Å². The minimum Gasteiger partial charge on any atom is -0.383 e. The molecule has 0 amide bonds. The smallest absolute Gasteiger partial charge is 0.185 e. The Morgan fingerprint density at radius 3 is 2.71 bits per heavy atom. The third-order valence-corrected chi connectivity index (χ3v) is 3.69. The molecule has 4 nitrogen and oxygen atoms in total. The molecule has 1 atom stereocenters. The fraction of sp³-hybridized carbons (Fsp3) is 0.750. The Labute approximate surface area is 108 Å². The van der Waals surface area contributed by atoms with E-state index in [0.717, 1.165) is 24.0 Å². The van der Waals surface area contributed by atoms with E-state index in [1.807, 2.05) is 7.05 Å². The summed E-state index contributed by atoms with van der Waals surface area (Å²) in [5, 5.41) is 6.41. The summed E-state index contributed by atoms with van der Waals surface area (Å²) >= 11 is 1.70. The van der Waals surface area contributed by atoms with E-state index in [4.69, 9.17) is 4.74 Å². The fourth-order valence-corrected chi connectivity index (χ4v) is 2.60. The molecule has 98 valence electrons. The lowest BCUT2D eigenvalue weighted by molar-refractivity contribution is 0.204. The number of ether oxygens (including phenoxy) is 1. The van der Waals surface area contributed by atoms with Gasteiger partial charge in [0, 0.05) is 31.1 Å². The molecule has 0 saturated heterocycles. The van der Waals surface area contributed by atoms with Crippen molar-refractivity contribution in [2.45, 2.75) is 32.9 Å². The van der Waals surface area contributed by atoms with Crippen molar-refractivity contribution in [3.63, 3.8) is 0 Å². The van der Waals surface area contributed by atoms with E-state index in [1.54, 1.807) is 18.4 Å². The van der Waals surface area contributed by atoms with Gasteiger partial charge in [-0.1, -0.05) is 0 Å². The van der Waals surface area contributed by atoms with Gasteiger partial charge in [-0.05, 0) is 27.8 Å². The summed E-state index contributed by atoms with van der Waals surface area (Å²) in [4.78, 5) is 6.96. The van der Waals surface area contributed by atoms with Crippen LogP contribution in [-0.2, 0) is 4.74 Å². The van der Waals surface area contributed by atoms with E-state index in [1.165, 1.54) is 0 Å². The first-order valence-electron chi connectivity index (χ1n) is 5.98. The molecular weight excluding hydrogens is 234 g/mol. The number of aromatic nitrogens is 1. The van der Waals surface area contributed by atoms with E-state index in [0.29, 0.717) is 12.1 Å². The van der Waals surface area contributed by atoms with Crippen LogP contribution in [0.5, 0.6) is 0 Å². The van der Waals surface area contributed by atoms with Gasteiger partial charge in [-0.25, -0.2) is 4.98 Å². The van der Waals surface area contributed by atoms with Gasteiger partial charge in [-0.15, -0.1) is 11.3 Å². The summed E-state index contributed by atoms with van der Waals surface area (Å²) in [6.07, 6.45) is 0. The topological polar surface area (TPSA) is 37.4 Å². The third-order valence-electron chi connectivity index (χ3n) is 2.79. The SMILES string of the molecule is CNC(C)c1csc(N(CCOC)C(C)C)n1. The highest BCUT2D eigenvalue weighted by atomic mass is 32.1. The zero-order valence-electron chi connectivity index (χ0n) is 11.4. The standard InChI is InChI=1S/C12H23N3OS/c1-9(2)15(6-7-16-5)12-14-11(8-17-12)10(3)13-4/h8-10,13H,6-7H2,1-5H3. The predicted molar refractivity (Wildman–Crippen MR) is 73.9 cm³/mol. The molecule has 1 N–H and O–H groups in total. The summed E-state index contributed by atoms with van der Waals surface area (Å²) in [7, 11) is 3.68. The quantitative estimate of drug-likeness (QED) is 0.813. The highest BCUT2D eigenvalue weighted by Gasteiger charge is 2.15. The van der Waals surface area contributed by atoms with Crippen molar-refractivity contribution in [1.82, 2.24) is 10.3 Å². The number of thiazole rings is 1. The maximum absolute atomic E-state index is 5.14. The second-order valence-electron chi connectivity index (χ2n) is 4.35. The van der Waals surface area contributed by atoms with Gasteiger partial charge >= 0.3 is 0 Å². The summed E-state index contributed by atoms with van der Waals surface area (Å²) in [6, 6.07) is 0.741. The Kier molecular flexibility index (Phi) is 5.88. The maximum atomic E-state index is 5.14. The van der Waals surface area contributed by atoms with Crippen LogP contribution in [-0.4, -0.2) is 38.3 Å². The first-order chi connectivity index (χ1) is 8.10. The van der Waals surface area contributed by atoms with Gasteiger partial charge in [0.2, 0.25) is 0 Å². The zero-order chi connectivity index (χ0) is 12.8. The largest absolute Gasteiger partial charge is 0.383 e.